The normalized spacial score (nSPS) is 12.8. The van der Waals surface area contributed by atoms with E-state index in [0.717, 1.165) is 22.0 Å². The SMILES string of the molecule is CN(Cc1ccc2c(c1)OCCO2)C(=O)CSc1ccccc1Cl. The quantitative estimate of drug-likeness (QED) is 0.756. The lowest BCUT2D eigenvalue weighted by Crippen LogP contribution is -2.27. The summed E-state index contributed by atoms with van der Waals surface area (Å²) >= 11 is 7.56. The minimum absolute atomic E-state index is 0.0507. The molecular formula is C18H18ClNO3S. The second-order valence-corrected chi connectivity index (χ2v) is 6.87. The highest BCUT2D eigenvalue weighted by Crippen LogP contribution is 2.31. The number of halogens is 1. The maximum Gasteiger partial charge on any atom is 0.232 e. The van der Waals surface area contributed by atoms with Gasteiger partial charge in [-0.3, -0.25) is 4.79 Å². The minimum atomic E-state index is 0.0507. The van der Waals surface area contributed by atoms with Gasteiger partial charge in [-0.2, -0.15) is 0 Å². The van der Waals surface area contributed by atoms with Gasteiger partial charge in [0.05, 0.1) is 10.8 Å². The van der Waals surface area contributed by atoms with Gasteiger partial charge in [0.2, 0.25) is 5.91 Å². The van der Waals surface area contributed by atoms with E-state index in [1.165, 1.54) is 11.8 Å². The summed E-state index contributed by atoms with van der Waals surface area (Å²) < 4.78 is 11.1. The fourth-order valence-corrected chi connectivity index (χ4v) is 3.54. The molecular weight excluding hydrogens is 346 g/mol. The van der Waals surface area contributed by atoms with E-state index in [0.29, 0.717) is 30.5 Å². The van der Waals surface area contributed by atoms with Gasteiger partial charge >= 0.3 is 0 Å². The number of hydrogen-bond acceptors (Lipinski definition) is 4. The van der Waals surface area contributed by atoms with Crippen LogP contribution in [-0.2, 0) is 11.3 Å². The third-order valence-electron chi connectivity index (χ3n) is 3.64. The number of carbonyl (C=O) groups excluding carboxylic acids is 1. The van der Waals surface area contributed by atoms with Crippen molar-refractivity contribution in [2.24, 2.45) is 0 Å². The summed E-state index contributed by atoms with van der Waals surface area (Å²) in [5, 5.41) is 0.671. The van der Waals surface area contributed by atoms with Crippen LogP contribution in [0, 0.1) is 0 Å². The number of carbonyl (C=O) groups is 1. The first-order valence-electron chi connectivity index (χ1n) is 7.63. The second-order valence-electron chi connectivity index (χ2n) is 5.45. The van der Waals surface area contributed by atoms with Crippen LogP contribution in [0.4, 0.5) is 0 Å². The molecule has 1 aliphatic rings. The molecule has 0 unspecified atom stereocenters. The summed E-state index contributed by atoms with van der Waals surface area (Å²) in [6, 6.07) is 13.3. The van der Waals surface area contributed by atoms with Crippen LogP contribution >= 0.6 is 23.4 Å². The lowest BCUT2D eigenvalue weighted by Gasteiger charge is -2.21. The van der Waals surface area contributed by atoms with E-state index >= 15 is 0 Å². The third kappa shape index (κ3) is 4.16. The average Bonchev–Trinajstić information content (AvgIpc) is 2.60. The van der Waals surface area contributed by atoms with Gasteiger partial charge in [0.25, 0.3) is 0 Å². The maximum atomic E-state index is 12.3. The highest BCUT2D eigenvalue weighted by Gasteiger charge is 2.15. The van der Waals surface area contributed by atoms with Gasteiger partial charge in [0.15, 0.2) is 11.5 Å². The molecule has 1 aliphatic heterocycles. The first kappa shape index (κ1) is 17.0. The van der Waals surface area contributed by atoms with E-state index in [2.05, 4.69) is 0 Å². The predicted octanol–water partition coefficient (Wildman–Crippen LogP) is 3.86. The standard InChI is InChI=1S/C18H18ClNO3S/c1-20(18(21)12-24-17-5-3-2-4-14(17)19)11-13-6-7-15-16(10-13)23-9-8-22-15/h2-7,10H,8-9,11-12H2,1H3. The van der Waals surface area contributed by atoms with Gasteiger partial charge in [0, 0.05) is 18.5 Å². The zero-order valence-corrected chi connectivity index (χ0v) is 14.9. The third-order valence-corrected chi connectivity index (χ3v) is 5.14. The van der Waals surface area contributed by atoms with Gasteiger partial charge in [-0.15, -0.1) is 11.8 Å². The number of hydrogen-bond donors (Lipinski definition) is 0. The Balaban J connectivity index is 1.57. The van der Waals surface area contributed by atoms with E-state index in [4.69, 9.17) is 21.1 Å². The van der Waals surface area contributed by atoms with Gasteiger partial charge < -0.3 is 14.4 Å². The molecule has 24 heavy (non-hydrogen) atoms. The van der Waals surface area contributed by atoms with Crippen molar-refractivity contribution >= 4 is 29.3 Å². The number of ether oxygens (including phenoxy) is 2. The molecule has 3 rings (SSSR count). The van der Waals surface area contributed by atoms with Crippen LogP contribution in [0.3, 0.4) is 0 Å². The molecule has 0 radical (unpaired) electrons. The van der Waals surface area contributed by atoms with E-state index in [1.54, 1.807) is 11.9 Å². The molecule has 0 bridgehead atoms. The molecule has 0 aromatic heterocycles. The van der Waals surface area contributed by atoms with E-state index < -0.39 is 0 Å². The molecule has 2 aromatic rings. The number of benzene rings is 2. The van der Waals surface area contributed by atoms with E-state index in [9.17, 15) is 4.79 Å². The Bertz CT molecular complexity index is 738. The Morgan fingerprint density at radius 3 is 2.71 bits per heavy atom. The van der Waals surface area contributed by atoms with Crippen LogP contribution in [0.1, 0.15) is 5.56 Å². The lowest BCUT2D eigenvalue weighted by molar-refractivity contribution is -0.127. The van der Waals surface area contributed by atoms with E-state index in [-0.39, 0.29) is 5.91 Å². The van der Waals surface area contributed by atoms with Crippen LogP contribution in [0.15, 0.2) is 47.4 Å². The molecule has 0 fully saturated rings. The Hall–Kier alpha value is -1.85. The topological polar surface area (TPSA) is 38.8 Å². The molecule has 0 saturated heterocycles. The van der Waals surface area contributed by atoms with Crippen molar-refractivity contribution in [3.05, 3.63) is 53.1 Å². The summed E-state index contributed by atoms with van der Waals surface area (Å²) in [6.45, 7) is 1.66. The van der Waals surface area contributed by atoms with Crippen LogP contribution < -0.4 is 9.47 Å². The molecule has 126 valence electrons. The summed E-state index contributed by atoms with van der Waals surface area (Å²) in [5.74, 6) is 1.90. The minimum Gasteiger partial charge on any atom is -0.486 e. The smallest absolute Gasteiger partial charge is 0.232 e. The van der Waals surface area contributed by atoms with Gasteiger partial charge in [-0.1, -0.05) is 29.8 Å². The van der Waals surface area contributed by atoms with Crippen LogP contribution in [0.2, 0.25) is 5.02 Å². The number of rotatable bonds is 5. The molecule has 6 heteroatoms. The maximum absolute atomic E-state index is 12.3. The Labute approximate surface area is 150 Å². The molecule has 2 aromatic carbocycles. The molecule has 1 amide bonds. The Kier molecular flexibility index (Phi) is 5.53. The fourth-order valence-electron chi connectivity index (χ4n) is 2.36. The molecule has 0 aliphatic carbocycles. The van der Waals surface area contributed by atoms with Crippen molar-refractivity contribution in [1.82, 2.24) is 4.90 Å². The summed E-state index contributed by atoms with van der Waals surface area (Å²) in [5.41, 5.74) is 1.01. The van der Waals surface area contributed by atoms with Crippen LogP contribution in [0.5, 0.6) is 11.5 Å². The lowest BCUT2D eigenvalue weighted by atomic mass is 10.2. The zero-order valence-electron chi connectivity index (χ0n) is 13.3. The summed E-state index contributed by atoms with van der Waals surface area (Å²) in [7, 11) is 1.80. The molecule has 4 nitrogen and oxygen atoms in total. The Morgan fingerprint density at radius 1 is 1.17 bits per heavy atom. The van der Waals surface area contributed by atoms with Crippen molar-refractivity contribution in [2.75, 3.05) is 26.0 Å². The van der Waals surface area contributed by atoms with Crippen LogP contribution in [0.25, 0.3) is 0 Å². The molecule has 0 atom stereocenters. The largest absolute Gasteiger partial charge is 0.486 e. The van der Waals surface area contributed by atoms with Crippen molar-refractivity contribution < 1.29 is 14.3 Å². The van der Waals surface area contributed by atoms with Crippen molar-refractivity contribution in [3.8, 4) is 11.5 Å². The van der Waals surface area contributed by atoms with Crippen molar-refractivity contribution in [2.45, 2.75) is 11.4 Å². The highest BCUT2D eigenvalue weighted by molar-refractivity contribution is 8.00. The van der Waals surface area contributed by atoms with E-state index in [1.807, 2.05) is 42.5 Å². The molecule has 0 saturated carbocycles. The number of amides is 1. The zero-order chi connectivity index (χ0) is 16.9. The summed E-state index contributed by atoms with van der Waals surface area (Å²) in [6.07, 6.45) is 0. The number of fused-ring (bicyclic) bond motifs is 1. The van der Waals surface area contributed by atoms with Gasteiger partial charge in [-0.25, -0.2) is 0 Å². The van der Waals surface area contributed by atoms with Gasteiger partial charge in [0.1, 0.15) is 13.2 Å². The van der Waals surface area contributed by atoms with Gasteiger partial charge in [-0.05, 0) is 29.8 Å². The molecule has 1 heterocycles. The molecule has 0 N–H and O–H groups in total. The monoisotopic (exact) mass is 363 g/mol. The van der Waals surface area contributed by atoms with Crippen molar-refractivity contribution in [3.63, 3.8) is 0 Å². The summed E-state index contributed by atoms with van der Waals surface area (Å²) in [4.78, 5) is 14.9. The fraction of sp³-hybridized carbons (Fsp3) is 0.278. The highest BCUT2D eigenvalue weighted by atomic mass is 35.5. The van der Waals surface area contributed by atoms with Crippen LogP contribution in [-0.4, -0.2) is 36.8 Å². The second kappa shape index (κ2) is 7.81. The molecule has 0 spiro atoms. The first-order valence-corrected chi connectivity index (χ1v) is 8.99. The predicted molar refractivity (Wildman–Crippen MR) is 96.1 cm³/mol. The Morgan fingerprint density at radius 2 is 1.92 bits per heavy atom. The van der Waals surface area contributed by atoms with Crippen molar-refractivity contribution in [1.29, 1.82) is 0 Å². The number of nitrogens with zero attached hydrogens (tertiary/aromatic N) is 1. The average molecular weight is 364 g/mol. The number of thioether (sulfide) groups is 1. The first-order chi connectivity index (χ1) is 11.6.